The molecule has 0 aromatic heterocycles. The van der Waals surface area contributed by atoms with Crippen LogP contribution in [0.15, 0.2) is 0 Å². The fraction of sp³-hybridized carbons (Fsp3) is 0.769. The molecule has 0 aliphatic heterocycles. The zero-order valence-corrected chi connectivity index (χ0v) is 12.5. The summed E-state index contributed by atoms with van der Waals surface area (Å²) >= 11 is 0. The minimum absolute atomic E-state index is 0.00624. The molecule has 7 nitrogen and oxygen atoms in total. The first-order valence-corrected chi connectivity index (χ1v) is 6.61. The van der Waals surface area contributed by atoms with E-state index in [0.717, 1.165) is 0 Å². The Hall–Kier alpha value is -1.63. The van der Waals surface area contributed by atoms with Gasteiger partial charge in [-0.15, -0.1) is 0 Å². The largest absolute Gasteiger partial charge is 0.456 e. The summed E-state index contributed by atoms with van der Waals surface area (Å²) in [6.45, 7) is 6.89. The SMILES string of the molecule is CC(=O)OCC(=O)NC(C)CCOCC(=O)NC(C)C. The monoisotopic (exact) mass is 288 g/mol. The van der Waals surface area contributed by atoms with Crippen molar-refractivity contribution in [1.29, 1.82) is 0 Å². The predicted octanol–water partition coefficient (Wildman–Crippen LogP) is -0.0145. The predicted molar refractivity (Wildman–Crippen MR) is 73.0 cm³/mol. The smallest absolute Gasteiger partial charge is 0.303 e. The average Bonchev–Trinajstić information content (AvgIpc) is 2.31. The summed E-state index contributed by atoms with van der Waals surface area (Å²) in [5.41, 5.74) is 0. The number of esters is 1. The third-order valence-electron chi connectivity index (χ3n) is 2.19. The molecule has 0 saturated carbocycles. The molecule has 2 N–H and O–H groups in total. The van der Waals surface area contributed by atoms with Crippen LogP contribution in [0.2, 0.25) is 0 Å². The highest BCUT2D eigenvalue weighted by atomic mass is 16.5. The van der Waals surface area contributed by atoms with E-state index >= 15 is 0 Å². The summed E-state index contributed by atoms with van der Waals surface area (Å²) in [6.07, 6.45) is 0.570. The highest BCUT2D eigenvalue weighted by Gasteiger charge is 2.09. The Balaban J connectivity index is 3.62. The van der Waals surface area contributed by atoms with Gasteiger partial charge in [-0.3, -0.25) is 14.4 Å². The maximum atomic E-state index is 11.3. The zero-order valence-electron chi connectivity index (χ0n) is 12.5. The number of carbonyl (C=O) groups excluding carboxylic acids is 3. The number of rotatable bonds is 9. The summed E-state index contributed by atoms with van der Waals surface area (Å²) in [5.74, 6) is -1.01. The van der Waals surface area contributed by atoms with Gasteiger partial charge in [0.15, 0.2) is 6.61 Å². The fourth-order valence-electron chi connectivity index (χ4n) is 1.34. The van der Waals surface area contributed by atoms with E-state index in [-0.39, 0.29) is 37.1 Å². The van der Waals surface area contributed by atoms with Gasteiger partial charge in [0.2, 0.25) is 5.91 Å². The topological polar surface area (TPSA) is 93.7 Å². The maximum Gasteiger partial charge on any atom is 0.303 e. The normalized spacial score (nSPS) is 11.8. The molecule has 7 heteroatoms. The van der Waals surface area contributed by atoms with Crippen molar-refractivity contribution in [2.45, 2.75) is 46.2 Å². The van der Waals surface area contributed by atoms with E-state index in [0.29, 0.717) is 13.0 Å². The van der Waals surface area contributed by atoms with Crippen molar-refractivity contribution in [3.05, 3.63) is 0 Å². The third-order valence-corrected chi connectivity index (χ3v) is 2.19. The molecule has 1 atom stereocenters. The second kappa shape index (κ2) is 10.2. The van der Waals surface area contributed by atoms with Gasteiger partial charge in [0, 0.05) is 25.6 Å². The summed E-state index contributed by atoms with van der Waals surface area (Å²) < 4.78 is 9.76. The summed E-state index contributed by atoms with van der Waals surface area (Å²) in [7, 11) is 0. The zero-order chi connectivity index (χ0) is 15.5. The van der Waals surface area contributed by atoms with Crippen LogP contribution in [0.25, 0.3) is 0 Å². The highest BCUT2D eigenvalue weighted by molar-refractivity contribution is 5.80. The Morgan fingerprint density at radius 1 is 1.00 bits per heavy atom. The first kappa shape index (κ1) is 18.4. The van der Waals surface area contributed by atoms with Crippen LogP contribution in [0.1, 0.15) is 34.1 Å². The van der Waals surface area contributed by atoms with E-state index in [1.807, 2.05) is 20.8 Å². The van der Waals surface area contributed by atoms with Gasteiger partial charge < -0.3 is 20.1 Å². The van der Waals surface area contributed by atoms with Crippen LogP contribution < -0.4 is 10.6 Å². The van der Waals surface area contributed by atoms with Gasteiger partial charge in [-0.2, -0.15) is 0 Å². The van der Waals surface area contributed by atoms with Crippen molar-refractivity contribution in [2.75, 3.05) is 19.8 Å². The molecule has 2 amide bonds. The number of amides is 2. The Morgan fingerprint density at radius 3 is 2.15 bits per heavy atom. The van der Waals surface area contributed by atoms with Crippen molar-refractivity contribution in [3.8, 4) is 0 Å². The lowest BCUT2D eigenvalue weighted by Crippen LogP contribution is -2.37. The molecule has 0 aliphatic carbocycles. The maximum absolute atomic E-state index is 11.3. The van der Waals surface area contributed by atoms with Crippen molar-refractivity contribution in [3.63, 3.8) is 0 Å². The van der Waals surface area contributed by atoms with Crippen LogP contribution in [0, 0.1) is 0 Å². The van der Waals surface area contributed by atoms with Gasteiger partial charge >= 0.3 is 5.97 Å². The van der Waals surface area contributed by atoms with E-state index in [1.54, 1.807) is 0 Å². The number of hydrogen-bond donors (Lipinski definition) is 2. The molecule has 0 saturated heterocycles. The molecule has 0 aliphatic rings. The third kappa shape index (κ3) is 11.5. The Kier molecular flexibility index (Phi) is 9.36. The van der Waals surface area contributed by atoms with Gasteiger partial charge in [-0.05, 0) is 27.2 Å². The molecule has 0 rings (SSSR count). The molecular weight excluding hydrogens is 264 g/mol. The second-order valence-corrected chi connectivity index (χ2v) is 4.81. The Bertz CT molecular complexity index is 331. The lowest BCUT2D eigenvalue weighted by Gasteiger charge is -2.14. The molecular formula is C13H24N2O5. The van der Waals surface area contributed by atoms with Gasteiger partial charge in [0.1, 0.15) is 6.61 Å². The quantitative estimate of drug-likeness (QED) is 0.459. The van der Waals surface area contributed by atoms with Crippen LogP contribution in [-0.4, -0.2) is 49.7 Å². The van der Waals surface area contributed by atoms with Crippen LogP contribution in [0.3, 0.4) is 0 Å². The molecule has 0 heterocycles. The summed E-state index contributed by atoms with van der Waals surface area (Å²) in [4.78, 5) is 33.1. The van der Waals surface area contributed by atoms with Crippen LogP contribution in [-0.2, 0) is 23.9 Å². The van der Waals surface area contributed by atoms with Crippen molar-refractivity contribution >= 4 is 17.8 Å². The standard InChI is InChI=1S/C13H24N2O5/c1-9(2)14-12(17)7-19-6-5-10(3)15-13(18)8-20-11(4)16/h9-10H,5-8H2,1-4H3,(H,14,17)(H,15,18). The summed E-state index contributed by atoms with van der Waals surface area (Å²) in [6, 6.07) is -0.0307. The first-order chi connectivity index (χ1) is 9.31. The van der Waals surface area contributed by atoms with Crippen molar-refractivity contribution in [2.24, 2.45) is 0 Å². The van der Waals surface area contributed by atoms with Crippen molar-refractivity contribution in [1.82, 2.24) is 10.6 Å². The molecule has 20 heavy (non-hydrogen) atoms. The Morgan fingerprint density at radius 2 is 1.60 bits per heavy atom. The molecule has 116 valence electrons. The van der Waals surface area contributed by atoms with E-state index in [1.165, 1.54) is 6.92 Å². The van der Waals surface area contributed by atoms with E-state index in [2.05, 4.69) is 15.4 Å². The molecule has 0 aromatic rings. The van der Waals surface area contributed by atoms with Crippen molar-refractivity contribution < 1.29 is 23.9 Å². The lowest BCUT2D eigenvalue weighted by molar-refractivity contribution is -0.146. The number of carbonyl (C=O) groups is 3. The van der Waals surface area contributed by atoms with E-state index in [9.17, 15) is 14.4 Å². The molecule has 0 fully saturated rings. The molecule has 1 unspecified atom stereocenters. The molecule has 0 spiro atoms. The van der Waals surface area contributed by atoms with E-state index < -0.39 is 5.97 Å². The van der Waals surface area contributed by atoms with Crippen LogP contribution in [0.4, 0.5) is 0 Å². The number of hydrogen-bond acceptors (Lipinski definition) is 5. The van der Waals surface area contributed by atoms with Gasteiger partial charge in [0.05, 0.1) is 0 Å². The highest BCUT2D eigenvalue weighted by Crippen LogP contribution is 1.92. The number of ether oxygens (including phenoxy) is 2. The minimum atomic E-state index is -0.493. The molecule has 0 radical (unpaired) electrons. The number of nitrogens with one attached hydrogen (secondary N) is 2. The molecule has 0 aromatic carbocycles. The molecule has 0 bridgehead atoms. The minimum Gasteiger partial charge on any atom is -0.456 e. The average molecular weight is 288 g/mol. The summed E-state index contributed by atoms with van der Waals surface area (Å²) in [5, 5.41) is 5.37. The van der Waals surface area contributed by atoms with Crippen LogP contribution >= 0.6 is 0 Å². The van der Waals surface area contributed by atoms with Gasteiger partial charge in [0.25, 0.3) is 5.91 Å². The Labute approximate surface area is 119 Å². The van der Waals surface area contributed by atoms with Crippen LogP contribution in [0.5, 0.6) is 0 Å². The van der Waals surface area contributed by atoms with E-state index in [4.69, 9.17) is 4.74 Å². The van der Waals surface area contributed by atoms with Gasteiger partial charge in [-0.1, -0.05) is 0 Å². The van der Waals surface area contributed by atoms with Gasteiger partial charge in [-0.25, -0.2) is 0 Å². The second-order valence-electron chi connectivity index (χ2n) is 4.81. The lowest BCUT2D eigenvalue weighted by atomic mass is 10.2. The fourth-order valence-corrected chi connectivity index (χ4v) is 1.34. The first-order valence-electron chi connectivity index (χ1n) is 6.61.